The van der Waals surface area contributed by atoms with Gasteiger partial charge in [0.2, 0.25) is 0 Å². The van der Waals surface area contributed by atoms with E-state index >= 15 is 0 Å². The molecule has 4 nitrogen and oxygen atoms in total. The van der Waals surface area contributed by atoms with Crippen molar-refractivity contribution in [3.05, 3.63) is 34.3 Å². The van der Waals surface area contributed by atoms with Gasteiger partial charge in [0.15, 0.2) is 0 Å². The van der Waals surface area contributed by atoms with Crippen LogP contribution < -0.4 is 11.5 Å². The fourth-order valence-corrected chi connectivity index (χ4v) is 1.73. The molecular formula is C10H14BrN3O. The second kappa shape index (κ2) is 5.72. The number of nitrogens with zero attached hydrogens (tertiary/aromatic N) is 1. The lowest BCUT2D eigenvalue weighted by atomic mass is 10.2. The van der Waals surface area contributed by atoms with E-state index in [1.165, 1.54) is 4.90 Å². The molecule has 1 aromatic rings. The van der Waals surface area contributed by atoms with Gasteiger partial charge >= 0.3 is 6.03 Å². The molecule has 0 fully saturated rings. The first kappa shape index (κ1) is 12.0. The summed E-state index contributed by atoms with van der Waals surface area (Å²) in [4.78, 5) is 12.6. The van der Waals surface area contributed by atoms with Gasteiger partial charge in [-0.25, -0.2) is 4.79 Å². The highest BCUT2D eigenvalue weighted by Gasteiger charge is 2.08. The SMILES string of the molecule is NCCN(Cc1cccc(Br)c1)C(N)=O. The first-order valence-corrected chi connectivity index (χ1v) is 5.41. The van der Waals surface area contributed by atoms with Gasteiger partial charge in [0, 0.05) is 24.1 Å². The summed E-state index contributed by atoms with van der Waals surface area (Å²) >= 11 is 3.37. The van der Waals surface area contributed by atoms with E-state index in [2.05, 4.69) is 15.9 Å². The second-order valence-corrected chi connectivity index (χ2v) is 4.09. The summed E-state index contributed by atoms with van der Waals surface area (Å²) in [5.41, 5.74) is 11.6. The number of halogens is 1. The summed E-state index contributed by atoms with van der Waals surface area (Å²) < 4.78 is 0.983. The van der Waals surface area contributed by atoms with Crippen molar-refractivity contribution in [2.45, 2.75) is 6.54 Å². The Balaban J connectivity index is 2.69. The van der Waals surface area contributed by atoms with Crippen LogP contribution in [0.1, 0.15) is 5.56 Å². The molecule has 0 unspecified atom stereocenters. The molecule has 0 aliphatic heterocycles. The van der Waals surface area contributed by atoms with Gasteiger partial charge in [-0.15, -0.1) is 0 Å². The van der Waals surface area contributed by atoms with E-state index < -0.39 is 6.03 Å². The molecule has 0 aliphatic rings. The third-order valence-corrected chi connectivity index (χ3v) is 2.47. The molecule has 15 heavy (non-hydrogen) atoms. The van der Waals surface area contributed by atoms with Gasteiger partial charge in [0.25, 0.3) is 0 Å². The molecule has 0 heterocycles. The number of nitrogens with two attached hydrogens (primary N) is 2. The van der Waals surface area contributed by atoms with E-state index in [1.807, 2.05) is 24.3 Å². The number of primary amides is 1. The molecular weight excluding hydrogens is 258 g/mol. The average molecular weight is 272 g/mol. The number of benzene rings is 1. The highest BCUT2D eigenvalue weighted by molar-refractivity contribution is 9.10. The first-order chi connectivity index (χ1) is 7.13. The molecule has 4 N–H and O–H groups in total. The van der Waals surface area contributed by atoms with Gasteiger partial charge < -0.3 is 16.4 Å². The lowest BCUT2D eigenvalue weighted by Gasteiger charge is -2.19. The Kier molecular flexibility index (Phi) is 4.58. The fraction of sp³-hybridized carbons (Fsp3) is 0.300. The van der Waals surface area contributed by atoms with E-state index in [1.54, 1.807) is 0 Å². The largest absolute Gasteiger partial charge is 0.351 e. The van der Waals surface area contributed by atoms with Gasteiger partial charge in [-0.1, -0.05) is 28.1 Å². The minimum atomic E-state index is -0.444. The predicted octanol–water partition coefficient (Wildman–Crippen LogP) is 1.29. The summed E-state index contributed by atoms with van der Waals surface area (Å²) in [5, 5.41) is 0. The first-order valence-electron chi connectivity index (χ1n) is 4.62. The molecule has 0 bridgehead atoms. The Morgan fingerprint density at radius 1 is 1.47 bits per heavy atom. The summed E-state index contributed by atoms with van der Waals surface area (Å²) in [7, 11) is 0. The topological polar surface area (TPSA) is 72.3 Å². The van der Waals surface area contributed by atoms with Crippen molar-refractivity contribution in [2.75, 3.05) is 13.1 Å². The smallest absolute Gasteiger partial charge is 0.315 e. The van der Waals surface area contributed by atoms with Crippen molar-refractivity contribution in [1.29, 1.82) is 0 Å². The zero-order valence-electron chi connectivity index (χ0n) is 8.32. The maximum atomic E-state index is 11.1. The van der Waals surface area contributed by atoms with Crippen molar-refractivity contribution >= 4 is 22.0 Å². The quantitative estimate of drug-likeness (QED) is 0.866. The Bertz CT molecular complexity index is 343. The van der Waals surface area contributed by atoms with E-state index in [0.29, 0.717) is 19.6 Å². The van der Waals surface area contributed by atoms with Crippen LogP contribution in [0.3, 0.4) is 0 Å². The van der Waals surface area contributed by atoms with E-state index in [-0.39, 0.29) is 0 Å². The molecule has 0 saturated heterocycles. The molecule has 0 aromatic heterocycles. The van der Waals surface area contributed by atoms with Crippen LogP contribution in [0.4, 0.5) is 4.79 Å². The normalized spacial score (nSPS) is 10.0. The minimum absolute atomic E-state index is 0.414. The van der Waals surface area contributed by atoms with Crippen LogP contribution >= 0.6 is 15.9 Å². The zero-order chi connectivity index (χ0) is 11.3. The van der Waals surface area contributed by atoms with Gasteiger partial charge in [0.1, 0.15) is 0 Å². The van der Waals surface area contributed by atoms with E-state index in [0.717, 1.165) is 10.0 Å². The summed E-state index contributed by atoms with van der Waals surface area (Å²) in [6.07, 6.45) is 0. The molecule has 5 heteroatoms. The third-order valence-electron chi connectivity index (χ3n) is 1.97. The molecule has 0 saturated carbocycles. The molecule has 1 rings (SSSR count). The average Bonchev–Trinajstić information content (AvgIpc) is 2.17. The van der Waals surface area contributed by atoms with Gasteiger partial charge in [-0.05, 0) is 17.7 Å². The second-order valence-electron chi connectivity index (χ2n) is 3.18. The number of carbonyl (C=O) groups excluding carboxylic acids is 1. The highest BCUT2D eigenvalue weighted by Crippen LogP contribution is 2.13. The van der Waals surface area contributed by atoms with Crippen LogP contribution in [-0.2, 0) is 6.54 Å². The van der Waals surface area contributed by atoms with Crippen molar-refractivity contribution < 1.29 is 4.79 Å². The van der Waals surface area contributed by atoms with E-state index in [9.17, 15) is 4.79 Å². The van der Waals surface area contributed by atoms with Crippen LogP contribution in [0.25, 0.3) is 0 Å². The minimum Gasteiger partial charge on any atom is -0.351 e. The zero-order valence-corrected chi connectivity index (χ0v) is 9.90. The van der Waals surface area contributed by atoms with Crippen LogP contribution in [0.15, 0.2) is 28.7 Å². The number of rotatable bonds is 4. The molecule has 1 aromatic carbocycles. The maximum Gasteiger partial charge on any atom is 0.315 e. The monoisotopic (exact) mass is 271 g/mol. The Morgan fingerprint density at radius 2 is 2.20 bits per heavy atom. The number of hydrogen-bond acceptors (Lipinski definition) is 2. The van der Waals surface area contributed by atoms with Gasteiger partial charge in [-0.3, -0.25) is 0 Å². The Labute approximate surface area is 97.4 Å². The standard InChI is InChI=1S/C10H14BrN3O/c11-9-3-1-2-8(6-9)7-14(5-4-12)10(13)15/h1-3,6H,4-5,7,12H2,(H2,13,15). The molecule has 0 spiro atoms. The third kappa shape index (κ3) is 3.89. The Hall–Kier alpha value is -1.07. The lowest BCUT2D eigenvalue weighted by Crippen LogP contribution is -2.38. The number of carbonyl (C=O) groups is 1. The van der Waals surface area contributed by atoms with Crippen molar-refractivity contribution in [2.24, 2.45) is 11.5 Å². The van der Waals surface area contributed by atoms with Gasteiger partial charge in [0.05, 0.1) is 0 Å². The van der Waals surface area contributed by atoms with E-state index in [4.69, 9.17) is 11.5 Å². The Morgan fingerprint density at radius 3 is 2.73 bits per heavy atom. The highest BCUT2D eigenvalue weighted by atomic mass is 79.9. The molecule has 0 atom stereocenters. The van der Waals surface area contributed by atoms with Gasteiger partial charge in [-0.2, -0.15) is 0 Å². The van der Waals surface area contributed by atoms with Crippen molar-refractivity contribution in [3.8, 4) is 0 Å². The van der Waals surface area contributed by atoms with Crippen LogP contribution in [0.5, 0.6) is 0 Å². The summed E-state index contributed by atoms with van der Waals surface area (Å²) in [5.74, 6) is 0. The van der Waals surface area contributed by atoms with Crippen molar-refractivity contribution in [1.82, 2.24) is 4.90 Å². The maximum absolute atomic E-state index is 11.1. The van der Waals surface area contributed by atoms with Crippen LogP contribution in [0, 0.1) is 0 Å². The molecule has 82 valence electrons. The number of amides is 2. The summed E-state index contributed by atoms with van der Waals surface area (Å²) in [6, 6.07) is 7.30. The molecule has 0 radical (unpaired) electrons. The summed E-state index contributed by atoms with van der Waals surface area (Å²) in [6.45, 7) is 1.38. The molecule has 2 amide bonds. The predicted molar refractivity (Wildman–Crippen MR) is 63.2 cm³/mol. The lowest BCUT2D eigenvalue weighted by molar-refractivity contribution is 0.206. The molecule has 0 aliphatic carbocycles. The van der Waals surface area contributed by atoms with Crippen molar-refractivity contribution in [3.63, 3.8) is 0 Å². The van der Waals surface area contributed by atoms with Crippen LogP contribution in [-0.4, -0.2) is 24.0 Å². The number of urea groups is 1. The van der Waals surface area contributed by atoms with Crippen LogP contribution in [0.2, 0.25) is 0 Å². The fourth-order valence-electron chi connectivity index (χ4n) is 1.28. The number of hydrogen-bond donors (Lipinski definition) is 2.